The molecule has 0 aromatic heterocycles. The quantitative estimate of drug-likeness (QED) is 0.743. The Bertz CT molecular complexity index is 759. The Morgan fingerprint density at radius 1 is 1.04 bits per heavy atom. The Labute approximate surface area is 133 Å². The molecule has 0 spiro atoms. The highest BCUT2D eigenvalue weighted by molar-refractivity contribution is 5.94. The maximum absolute atomic E-state index is 13.5. The van der Waals surface area contributed by atoms with Crippen molar-refractivity contribution in [3.8, 4) is 0 Å². The van der Waals surface area contributed by atoms with E-state index in [1.54, 1.807) is 30.3 Å². The molecule has 23 heavy (non-hydrogen) atoms. The number of nitrogens with one attached hydrogen (secondary N) is 3. The minimum Gasteiger partial charge on any atom is -0.326 e. The zero-order chi connectivity index (χ0) is 16.8. The lowest BCUT2D eigenvalue weighted by molar-refractivity contribution is -0.114. The van der Waals surface area contributed by atoms with Gasteiger partial charge in [-0.25, -0.2) is 4.39 Å². The van der Waals surface area contributed by atoms with Gasteiger partial charge in [-0.2, -0.15) is 0 Å². The molecule has 2 aromatic carbocycles. The average Bonchev–Trinajstić information content (AvgIpc) is 2.52. The number of carbonyl (C=O) groups excluding carboxylic acids is 2. The monoisotopic (exact) mass is 313 g/mol. The number of halogens is 1. The van der Waals surface area contributed by atoms with E-state index in [0.717, 1.165) is 0 Å². The number of anilines is 1. The van der Waals surface area contributed by atoms with E-state index in [0.29, 0.717) is 16.9 Å². The predicted octanol–water partition coefficient (Wildman–Crippen LogP) is 2.69. The van der Waals surface area contributed by atoms with Crippen LogP contribution < -0.4 is 16.2 Å². The van der Waals surface area contributed by atoms with Gasteiger partial charge in [0.15, 0.2) is 0 Å². The maximum atomic E-state index is 13.5. The Hall–Kier alpha value is -3.15. The van der Waals surface area contributed by atoms with Crippen molar-refractivity contribution in [2.45, 2.75) is 6.92 Å². The van der Waals surface area contributed by atoms with E-state index < -0.39 is 11.7 Å². The molecule has 0 aliphatic heterocycles. The third-order valence-electron chi connectivity index (χ3n) is 2.98. The number of rotatable bonds is 5. The average molecular weight is 313 g/mol. The fourth-order valence-corrected chi connectivity index (χ4v) is 1.90. The predicted molar refractivity (Wildman–Crippen MR) is 86.8 cm³/mol. The van der Waals surface area contributed by atoms with Gasteiger partial charge in [0.05, 0.1) is 11.3 Å². The summed E-state index contributed by atoms with van der Waals surface area (Å²) < 4.78 is 13.5. The van der Waals surface area contributed by atoms with Crippen LogP contribution in [0.2, 0.25) is 0 Å². The van der Waals surface area contributed by atoms with Gasteiger partial charge in [-0.1, -0.05) is 30.8 Å². The molecule has 0 bridgehead atoms. The fourth-order valence-electron chi connectivity index (χ4n) is 1.90. The van der Waals surface area contributed by atoms with Crippen LogP contribution in [0.4, 0.5) is 10.1 Å². The zero-order valence-corrected chi connectivity index (χ0v) is 12.5. The van der Waals surface area contributed by atoms with E-state index in [2.05, 4.69) is 22.7 Å². The SMILES string of the molecule is C=C(NNC(=O)c1ccccc1F)c1cccc(NC(C)=O)c1. The number of amides is 2. The lowest BCUT2D eigenvalue weighted by atomic mass is 10.1. The molecule has 0 saturated heterocycles. The van der Waals surface area contributed by atoms with Crippen molar-refractivity contribution in [3.63, 3.8) is 0 Å². The summed E-state index contributed by atoms with van der Waals surface area (Å²) in [6.45, 7) is 5.21. The summed E-state index contributed by atoms with van der Waals surface area (Å²) in [6, 6.07) is 12.6. The minimum atomic E-state index is -0.609. The molecule has 0 saturated carbocycles. The second-order valence-electron chi connectivity index (χ2n) is 4.80. The van der Waals surface area contributed by atoms with Crippen LogP contribution in [-0.2, 0) is 4.79 Å². The van der Waals surface area contributed by atoms with Crippen molar-refractivity contribution >= 4 is 23.2 Å². The Morgan fingerprint density at radius 3 is 2.48 bits per heavy atom. The third-order valence-corrected chi connectivity index (χ3v) is 2.98. The molecule has 0 aliphatic carbocycles. The Kier molecular flexibility index (Phi) is 5.09. The van der Waals surface area contributed by atoms with E-state index in [1.165, 1.54) is 25.1 Å². The number of benzene rings is 2. The molecule has 0 fully saturated rings. The molecule has 2 rings (SSSR count). The molecule has 2 amide bonds. The van der Waals surface area contributed by atoms with Crippen LogP contribution in [0.25, 0.3) is 5.70 Å². The standard InChI is InChI=1S/C17H16FN3O2/c1-11(13-6-5-7-14(10-13)19-12(2)22)20-21-17(23)15-8-3-4-9-16(15)18/h3-10,20H,1H2,2H3,(H,19,22)(H,21,23). The van der Waals surface area contributed by atoms with Crippen molar-refractivity contribution in [1.82, 2.24) is 10.9 Å². The fraction of sp³-hybridized carbons (Fsp3) is 0.0588. The Morgan fingerprint density at radius 2 is 1.78 bits per heavy atom. The summed E-state index contributed by atoms with van der Waals surface area (Å²) in [5.41, 5.74) is 6.63. The van der Waals surface area contributed by atoms with Gasteiger partial charge in [-0.05, 0) is 24.3 Å². The van der Waals surface area contributed by atoms with Crippen LogP contribution in [0.3, 0.4) is 0 Å². The number of hydrogen-bond acceptors (Lipinski definition) is 3. The van der Waals surface area contributed by atoms with Gasteiger partial charge in [0, 0.05) is 18.2 Å². The van der Waals surface area contributed by atoms with Gasteiger partial charge in [-0.3, -0.25) is 20.4 Å². The summed E-state index contributed by atoms with van der Waals surface area (Å²) >= 11 is 0. The largest absolute Gasteiger partial charge is 0.326 e. The normalized spacial score (nSPS) is 9.83. The minimum absolute atomic E-state index is 0.0696. The molecule has 2 aromatic rings. The van der Waals surface area contributed by atoms with Gasteiger partial charge in [-0.15, -0.1) is 0 Å². The second kappa shape index (κ2) is 7.22. The van der Waals surface area contributed by atoms with E-state index in [1.807, 2.05) is 0 Å². The topological polar surface area (TPSA) is 70.2 Å². The van der Waals surface area contributed by atoms with Crippen molar-refractivity contribution in [3.05, 3.63) is 72.1 Å². The van der Waals surface area contributed by atoms with Crippen molar-refractivity contribution in [2.24, 2.45) is 0 Å². The summed E-state index contributed by atoms with van der Waals surface area (Å²) in [4.78, 5) is 23.0. The first-order valence-corrected chi connectivity index (χ1v) is 6.85. The first-order valence-electron chi connectivity index (χ1n) is 6.85. The lowest BCUT2D eigenvalue weighted by Crippen LogP contribution is -2.36. The number of carbonyl (C=O) groups is 2. The Balaban J connectivity index is 2.01. The summed E-state index contributed by atoms with van der Waals surface area (Å²) in [7, 11) is 0. The van der Waals surface area contributed by atoms with Crippen LogP contribution in [0.5, 0.6) is 0 Å². The molecule has 6 heteroatoms. The summed E-state index contributed by atoms with van der Waals surface area (Å²) in [5.74, 6) is -1.40. The summed E-state index contributed by atoms with van der Waals surface area (Å²) in [5, 5.41) is 2.65. The van der Waals surface area contributed by atoms with E-state index in [9.17, 15) is 14.0 Å². The number of hydrazine groups is 1. The molecule has 0 atom stereocenters. The molecule has 118 valence electrons. The van der Waals surface area contributed by atoms with Gasteiger partial charge >= 0.3 is 0 Å². The highest BCUT2D eigenvalue weighted by Gasteiger charge is 2.10. The summed E-state index contributed by atoms with van der Waals surface area (Å²) in [6.07, 6.45) is 0. The van der Waals surface area contributed by atoms with Crippen LogP contribution in [0.1, 0.15) is 22.8 Å². The van der Waals surface area contributed by atoms with Gasteiger partial charge in [0.2, 0.25) is 5.91 Å². The van der Waals surface area contributed by atoms with E-state index in [4.69, 9.17) is 0 Å². The van der Waals surface area contributed by atoms with Crippen LogP contribution in [0.15, 0.2) is 55.1 Å². The zero-order valence-electron chi connectivity index (χ0n) is 12.5. The molecular formula is C17H16FN3O2. The molecule has 5 nitrogen and oxygen atoms in total. The molecular weight excluding hydrogens is 297 g/mol. The maximum Gasteiger partial charge on any atom is 0.272 e. The van der Waals surface area contributed by atoms with E-state index in [-0.39, 0.29) is 11.5 Å². The second-order valence-corrected chi connectivity index (χ2v) is 4.80. The van der Waals surface area contributed by atoms with Crippen LogP contribution in [-0.4, -0.2) is 11.8 Å². The highest BCUT2D eigenvalue weighted by atomic mass is 19.1. The highest BCUT2D eigenvalue weighted by Crippen LogP contribution is 2.15. The van der Waals surface area contributed by atoms with Crippen LogP contribution >= 0.6 is 0 Å². The van der Waals surface area contributed by atoms with Crippen molar-refractivity contribution < 1.29 is 14.0 Å². The van der Waals surface area contributed by atoms with Crippen LogP contribution in [0, 0.1) is 5.82 Å². The van der Waals surface area contributed by atoms with Crippen molar-refractivity contribution in [1.29, 1.82) is 0 Å². The van der Waals surface area contributed by atoms with E-state index >= 15 is 0 Å². The van der Waals surface area contributed by atoms with Gasteiger partial charge < -0.3 is 5.32 Å². The molecule has 0 radical (unpaired) electrons. The molecule has 0 unspecified atom stereocenters. The van der Waals surface area contributed by atoms with Gasteiger partial charge in [0.25, 0.3) is 5.91 Å². The lowest BCUT2D eigenvalue weighted by Gasteiger charge is -2.12. The van der Waals surface area contributed by atoms with Gasteiger partial charge in [0.1, 0.15) is 5.82 Å². The molecule has 0 heterocycles. The smallest absolute Gasteiger partial charge is 0.272 e. The molecule has 3 N–H and O–H groups in total. The first kappa shape index (κ1) is 16.2. The van der Waals surface area contributed by atoms with Crippen molar-refractivity contribution in [2.75, 3.05) is 5.32 Å². The first-order chi connectivity index (χ1) is 11.0. The number of hydrogen-bond donors (Lipinski definition) is 3. The third kappa shape index (κ3) is 4.41. The molecule has 0 aliphatic rings.